The van der Waals surface area contributed by atoms with Crippen molar-refractivity contribution in [1.82, 2.24) is 24.8 Å². The van der Waals surface area contributed by atoms with Crippen LogP contribution in [0.3, 0.4) is 0 Å². The van der Waals surface area contributed by atoms with E-state index < -0.39 is 0 Å². The van der Waals surface area contributed by atoms with Crippen molar-refractivity contribution >= 4 is 22.9 Å². The number of benzene rings is 2. The minimum absolute atomic E-state index is 0.00129. The van der Waals surface area contributed by atoms with Crippen LogP contribution in [-0.2, 0) is 12.8 Å². The zero-order valence-corrected chi connectivity index (χ0v) is 22.3. The van der Waals surface area contributed by atoms with Crippen LogP contribution in [0.5, 0.6) is 0 Å². The number of pyridine rings is 1. The van der Waals surface area contributed by atoms with E-state index in [2.05, 4.69) is 46.7 Å². The second-order valence-electron chi connectivity index (χ2n) is 11.5. The molecular weight excluding hydrogens is 508 g/mol. The number of nitrogens with zero attached hydrogens (tertiary/aromatic N) is 6. The van der Waals surface area contributed by atoms with Crippen molar-refractivity contribution in [2.45, 2.75) is 51.0 Å². The van der Waals surface area contributed by atoms with E-state index in [1.54, 1.807) is 23.1 Å². The highest BCUT2D eigenvalue weighted by molar-refractivity contribution is 6.31. The van der Waals surface area contributed by atoms with Gasteiger partial charge in [-0.05, 0) is 100 Å². The third-order valence-corrected chi connectivity index (χ3v) is 9.25. The van der Waals surface area contributed by atoms with Crippen LogP contribution in [0, 0.1) is 11.8 Å². The third-order valence-electron chi connectivity index (χ3n) is 9.02. The molecule has 2 aliphatic carbocycles. The number of hydrogen-bond acceptors (Lipinski definition) is 5. The summed E-state index contributed by atoms with van der Waals surface area (Å²) >= 11 is 6.38. The summed E-state index contributed by atoms with van der Waals surface area (Å²) in [6, 6.07) is 16.4. The van der Waals surface area contributed by atoms with Crippen LogP contribution in [0.25, 0.3) is 22.4 Å². The van der Waals surface area contributed by atoms with Crippen LogP contribution in [0.2, 0.25) is 5.02 Å². The summed E-state index contributed by atoms with van der Waals surface area (Å²) in [5.74, 6) is 1.58. The first-order valence-corrected chi connectivity index (χ1v) is 14.1. The van der Waals surface area contributed by atoms with E-state index in [1.807, 2.05) is 22.9 Å². The molecule has 194 valence electrons. The Kier molecular flexibility index (Phi) is 5.08. The lowest BCUT2D eigenvalue weighted by atomic mass is 9.83. The molecule has 8 rings (SSSR count). The summed E-state index contributed by atoms with van der Waals surface area (Å²) < 4.78 is 3.59. The molecule has 4 aliphatic rings. The van der Waals surface area contributed by atoms with Crippen LogP contribution in [0.15, 0.2) is 70.8 Å². The van der Waals surface area contributed by atoms with Crippen LogP contribution in [0.1, 0.15) is 60.5 Å². The number of aryl methyl sites for hydroxylation is 1. The first-order chi connectivity index (χ1) is 19.0. The number of allylic oxidation sites excluding steroid dienone is 1. The van der Waals surface area contributed by atoms with Gasteiger partial charge in [0.1, 0.15) is 6.33 Å². The van der Waals surface area contributed by atoms with Gasteiger partial charge in [0.15, 0.2) is 0 Å². The largest absolute Gasteiger partial charge is 0.303 e. The van der Waals surface area contributed by atoms with E-state index >= 15 is 0 Å². The summed E-state index contributed by atoms with van der Waals surface area (Å²) in [5.41, 5.74) is 10.2. The Labute approximate surface area is 230 Å². The molecule has 1 saturated carbocycles. The Bertz CT molecular complexity index is 1770. The fraction of sp³-hybridized carbons (Fsp3) is 0.323. The van der Waals surface area contributed by atoms with Crippen LogP contribution < -0.4 is 5.56 Å². The van der Waals surface area contributed by atoms with Crippen molar-refractivity contribution in [3.63, 3.8) is 0 Å². The van der Waals surface area contributed by atoms with Crippen molar-refractivity contribution in [2.24, 2.45) is 16.8 Å². The minimum Gasteiger partial charge on any atom is -0.303 e. The maximum Gasteiger partial charge on any atom is 0.251 e. The van der Waals surface area contributed by atoms with Crippen LogP contribution in [-0.4, -0.2) is 30.5 Å². The van der Waals surface area contributed by atoms with Gasteiger partial charge in [-0.3, -0.25) is 9.79 Å². The summed E-state index contributed by atoms with van der Waals surface area (Å²) in [5, 5.41) is 12.2. The third kappa shape index (κ3) is 3.74. The molecule has 0 bridgehead atoms. The molecule has 7 nitrogen and oxygen atoms in total. The number of hydrogen-bond donors (Lipinski definition) is 0. The molecule has 2 aromatic heterocycles. The monoisotopic (exact) mass is 534 g/mol. The lowest BCUT2D eigenvalue weighted by Crippen LogP contribution is -2.29. The molecule has 2 aliphatic heterocycles. The molecule has 4 unspecified atom stereocenters. The quantitative estimate of drug-likeness (QED) is 0.331. The second kappa shape index (κ2) is 8.58. The summed E-state index contributed by atoms with van der Waals surface area (Å²) in [7, 11) is 0. The fourth-order valence-electron chi connectivity index (χ4n) is 6.98. The topological polar surface area (TPSA) is 78.0 Å². The highest BCUT2D eigenvalue weighted by Crippen LogP contribution is 2.60. The number of aromatic nitrogens is 5. The lowest BCUT2D eigenvalue weighted by molar-refractivity contribution is 0.501. The molecule has 8 heteroatoms. The number of fused-ring (bicyclic) bond motifs is 4. The zero-order valence-electron chi connectivity index (χ0n) is 21.6. The Morgan fingerprint density at radius 3 is 2.82 bits per heavy atom. The molecule has 4 atom stereocenters. The average molecular weight is 535 g/mol. The van der Waals surface area contributed by atoms with Crippen molar-refractivity contribution in [1.29, 1.82) is 0 Å². The molecule has 39 heavy (non-hydrogen) atoms. The van der Waals surface area contributed by atoms with Gasteiger partial charge in [0.2, 0.25) is 0 Å². The maximum absolute atomic E-state index is 13.7. The summed E-state index contributed by atoms with van der Waals surface area (Å²) in [4.78, 5) is 18.6. The fourth-order valence-corrected chi connectivity index (χ4v) is 7.16. The summed E-state index contributed by atoms with van der Waals surface area (Å²) in [6.45, 7) is 2.34. The van der Waals surface area contributed by atoms with Gasteiger partial charge < -0.3 is 4.57 Å². The van der Waals surface area contributed by atoms with E-state index in [4.69, 9.17) is 16.6 Å². The first kappa shape index (κ1) is 23.1. The smallest absolute Gasteiger partial charge is 0.251 e. The molecule has 0 spiro atoms. The van der Waals surface area contributed by atoms with Crippen molar-refractivity contribution in [3.05, 3.63) is 98.8 Å². The van der Waals surface area contributed by atoms with E-state index in [0.717, 1.165) is 53.4 Å². The lowest BCUT2D eigenvalue weighted by Gasteiger charge is -2.22. The van der Waals surface area contributed by atoms with E-state index in [9.17, 15) is 4.79 Å². The van der Waals surface area contributed by atoms with Gasteiger partial charge in [-0.2, -0.15) is 4.68 Å². The number of tetrazole rings is 1. The molecular formula is C31H27ClN6O. The van der Waals surface area contributed by atoms with Crippen molar-refractivity contribution in [2.75, 3.05) is 0 Å². The molecule has 1 fully saturated rings. The van der Waals surface area contributed by atoms with Crippen molar-refractivity contribution in [3.8, 4) is 16.8 Å². The normalized spacial score (nSPS) is 24.6. The zero-order chi connectivity index (χ0) is 26.2. The van der Waals surface area contributed by atoms with E-state index in [-0.39, 0.29) is 11.6 Å². The maximum atomic E-state index is 13.7. The van der Waals surface area contributed by atoms with Gasteiger partial charge in [0.25, 0.3) is 5.56 Å². The predicted molar refractivity (Wildman–Crippen MR) is 151 cm³/mol. The minimum atomic E-state index is 0.00129. The van der Waals surface area contributed by atoms with Gasteiger partial charge in [0.05, 0.1) is 11.7 Å². The SMILES string of the molecule is CC1CCc2cc(C3=CN=C(C4C5CC5c5cc(-c6cc(Cl)ccc6-n6cnnn6)cc(=O)n54)C3)ccc2C1. The van der Waals surface area contributed by atoms with Gasteiger partial charge in [-0.25, -0.2) is 0 Å². The molecule has 0 N–H and O–H groups in total. The Balaban J connectivity index is 1.11. The van der Waals surface area contributed by atoms with E-state index in [1.165, 1.54) is 35.1 Å². The second-order valence-corrected chi connectivity index (χ2v) is 12.0. The van der Waals surface area contributed by atoms with Crippen molar-refractivity contribution < 1.29 is 0 Å². The molecule has 4 aromatic rings. The molecule has 4 heterocycles. The molecule has 2 aromatic carbocycles. The number of rotatable bonds is 4. The molecule has 0 saturated heterocycles. The Morgan fingerprint density at radius 1 is 1.03 bits per heavy atom. The Hall–Kier alpha value is -3.84. The molecule has 0 amide bonds. The number of halogens is 1. The van der Waals surface area contributed by atoms with Gasteiger partial charge in [-0.1, -0.05) is 36.7 Å². The predicted octanol–water partition coefficient (Wildman–Crippen LogP) is 5.81. The average Bonchev–Trinajstić information content (AvgIpc) is 3.28. The summed E-state index contributed by atoms with van der Waals surface area (Å²) in [6.07, 6.45) is 9.06. The highest BCUT2D eigenvalue weighted by atomic mass is 35.5. The van der Waals surface area contributed by atoms with Crippen LogP contribution >= 0.6 is 11.6 Å². The molecule has 0 radical (unpaired) electrons. The standard InChI is InChI=1S/C31H27ClN6O/c1-17-2-3-19-9-20(5-4-18(19)8-17)22-10-27(33-15-22)31-26-14-25(26)29-11-21(12-30(39)38(29)31)24-13-23(32)6-7-28(24)37-16-34-35-36-37/h4-7,9,11-13,15-17,25-26,31H,2-3,8,10,14H2,1H3. The highest BCUT2D eigenvalue weighted by Gasteiger charge is 2.54. The number of aliphatic imine (C=N–C) groups is 1. The van der Waals surface area contributed by atoms with Gasteiger partial charge >= 0.3 is 0 Å². The van der Waals surface area contributed by atoms with Crippen LogP contribution in [0.4, 0.5) is 0 Å². The van der Waals surface area contributed by atoms with Gasteiger partial charge in [0, 0.05) is 46.6 Å². The van der Waals surface area contributed by atoms with E-state index in [0.29, 0.717) is 16.9 Å². The van der Waals surface area contributed by atoms with Gasteiger partial charge in [-0.15, -0.1) is 5.10 Å². The Morgan fingerprint density at radius 2 is 1.95 bits per heavy atom. The first-order valence-electron chi connectivity index (χ1n) is 13.7.